The van der Waals surface area contributed by atoms with Gasteiger partial charge in [0.1, 0.15) is 0 Å². The van der Waals surface area contributed by atoms with Crippen LogP contribution in [0.4, 0.5) is 0 Å². The van der Waals surface area contributed by atoms with Gasteiger partial charge in [0.2, 0.25) is 0 Å². The van der Waals surface area contributed by atoms with Crippen LogP contribution in [0.3, 0.4) is 0 Å². The largest absolute Gasteiger partial charge is 0.375 e. The number of nitrogens with zero attached hydrogens (tertiary/aromatic N) is 1. The topological polar surface area (TPSA) is 38.5 Å². The molecular formula is C6H11IN2O. The highest BCUT2D eigenvalue weighted by Gasteiger charge is 2.40. The summed E-state index contributed by atoms with van der Waals surface area (Å²) in [6.07, 6.45) is 0.302. The Kier molecular flexibility index (Phi) is 1.88. The molecule has 10 heavy (non-hydrogen) atoms. The molecule has 3 nitrogen and oxygen atoms in total. The molecule has 2 rings (SSSR count). The van der Waals surface area contributed by atoms with Crippen molar-refractivity contribution in [1.82, 2.24) is 3.11 Å². The molecule has 3 unspecified atom stereocenters. The molecule has 2 bridgehead atoms. The monoisotopic (exact) mass is 254 g/mol. The number of nitrogens with two attached hydrogens (primary N) is 1. The van der Waals surface area contributed by atoms with Crippen LogP contribution in [0, 0.1) is 5.92 Å². The molecule has 0 spiro atoms. The van der Waals surface area contributed by atoms with E-state index in [1.165, 1.54) is 0 Å². The molecule has 2 aliphatic heterocycles. The summed E-state index contributed by atoms with van der Waals surface area (Å²) >= 11 is 2.33. The predicted octanol–water partition coefficient (Wildman–Crippen LogP) is -0.00570. The van der Waals surface area contributed by atoms with Gasteiger partial charge in [0, 0.05) is 47.9 Å². The van der Waals surface area contributed by atoms with E-state index in [0.29, 0.717) is 18.1 Å². The molecule has 2 N–H and O–H groups in total. The van der Waals surface area contributed by atoms with E-state index in [4.69, 9.17) is 10.5 Å². The number of halogens is 1. The lowest BCUT2D eigenvalue weighted by molar-refractivity contribution is 0.0993. The third-order valence-corrected chi connectivity index (χ3v) is 3.10. The van der Waals surface area contributed by atoms with Gasteiger partial charge < -0.3 is 10.5 Å². The molecule has 0 amide bonds. The van der Waals surface area contributed by atoms with Crippen molar-refractivity contribution in [1.29, 1.82) is 0 Å². The van der Waals surface area contributed by atoms with Crippen molar-refractivity contribution in [3.05, 3.63) is 0 Å². The molecule has 0 aromatic carbocycles. The maximum absolute atomic E-state index is 5.89. The molecule has 0 saturated carbocycles. The minimum absolute atomic E-state index is 0.297. The highest BCUT2D eigenvalue weighted by molar-refractivity contribution is 14.1. The number of fused-ring (bicyclic) bond motifs is 2. The molecule has 0 radical (unpaired) electrons. The van der Waals surface area contributed by atoms with Crippen LogP contribution in [0.15, 0.2) is 0 Å². The summed E-state index contributed by atoms with van der Waals surface area (Å²) in [6, 6.07) is 0.297. The van der Waals surface area contributed by atoms with Gasteiger partial charge in [-0.15, -0.1) is 0 Å². The lowest BCUT2D eigenvalue weighted by Crippen LogP contribution is -2.48. The first-order valence-electron chi connectivity index (χ1n) is 3.55. The van der Waals surface area contributed by atoms with Crippen LogP contribution in [-0.2, 0) is 4.74 Å². The lowest BCUT2D eigenvalue weighted by Gasteiger charge is -2.29. The van der Waals surface area contributed by atoms with Gasteiger partial charge in [0.25, 0.3) is 0 Å². The van der Waals surface area contributed by atoms with Crippen molar-refractivity contribution in [2.24, 2.45) is 11.7 Å². The van der Waals surface area contributed by atoms with Gasteiger partial charge in [-0.05, 0) is 0 Å². The van der Waals surface area contributed by atoms with E-state index in [1.54, 1.807) is 0 Å². The first-order chi connectivity index (χ1) is 4.77. The molecule has 2 fully saturated rings. The van der Waals surface area contributed by atoms with Gasteiger partial charge in [-0.25, -0.2) is 3.11 Å². The van der Waals surface area contributed by atoms with E-state index < -0.39 is 0 Å². The van der Waals surface area contributed by atoms with E-state index in [-0.39, 0.29) is 0 Å². The Morgan fingerprint density at radius 1 is 1.50 bits per heavy atom. The number of piperidine rings is 1. The first-order valence-corrected chi connectivity index (χ1v) is 4.52. The van der Waals surface area contributed by atoms with E-state index >= 15 is 0 Å². The Bertz CT molecular complexity index is 130. The molecular weight excluding hydrogens is 243 g/mol. The second-order valence-electron chi connectivity index (χ2n) is 3.04. The van der Waals surface area contributed by atoms with Crippen LogP contribution >= 0.6 is 22.9 Å². The maximum Gasteiger partial charge on any atom is 0.0864 e. The summed E-state index contributed by atoms with van der Waals surface area (Å²) < 4.78 is 7.76. The Morgan fingerprint density at radius 2 is 2.30 bits per heavy atom. The standard InChI is InChI=1S/C6H11IN2O/c7-9-1-4-3-10-5(2-9)6(4)8/h4-6H,1-3,8H2. The minimum atomic E-state index is 0.297. The summed E-state index contributed by atoms with van der Waals surface area (Å²) in [4.78, 5) is 0. The third-order valence-electron chi connectivity index (χ3n) is 2.31. The van der Waals surface area contributed by atoms with Gasteiger partial charge in [0.05, 0.1) is 12.7 Å². The van der Waals surface area contributed by atoms with Gasteiger partial charge in [-0.1, -0.05) is 0 Å². The van der Waals surface area contributed by atoms with Gasteiger partial charge in [0.15, 0.2) is 0 Å². The molecule has 3 atom stereocenters. The van der Waals surface area contributed by atoms with E-state index in [1.807, 2.05) is 0 Å². The number of hydrogen-bond donors (Lipinski definition) is 1. The van der Waals surface area contributed by atoms with Gasteiger partial charge in [-0.2, -0.15) is 0 Å². The fourth-order valence-corrected chi connectivity index (χ4v) is 2.54. The lowest BCUT2D eigenvalue weighted by atomic mass is 9.96. The molecule has 2 heterocycles. The fourth-order valence-electron chi connectivity index (χ4n) is 1.65. The third kappa shape index (κ3) is 1.07. The number of ether oxygens (including phenoxy) is 1. The summed E-state index contributed by atoms with van der Waals surface area (Å²) in [7, 11) is 0. The summed E-state index contributed by atoms with van der Waals surface area (Å²) in [5.74, 6) is 0.579. The molecule has 4 heteroatoms. The maximum atomic E-state index is 5.89. The van der Waals surface area contributed by atoms with E-state index in [2.05, 4.69) is 26.0 Å². The second kappa shape index (κ2) is 2.58. The highest BCUT2D eigenvalue weighted by Crippen LogP contribution is 2.27. The normalized spacial score (nSPS) is 48.0. The second-order valence-corrected chi connectivity index (χ2v) is 4.40. The van der Waals surface area contributed by atoms with Gasteiger partial charge >= 0.3 is 0 Å². The molecule has 0 aromatic heterocycles. The zero-order valence-electron chi connectivity index (χ0n) is 5.66. The zero-order chi connectivity index (χ0) is 7.14. The van der Waals surface area contributed by atoms with Crippen LogP contribution in [0.5, 0.6) is 0 Å². The van der Waals surface area contributed by atoms with Crippen molar-refractivity contribution in [2.75, 3.05) is 19.7 Å². The van der Waals surface area contributed by atoms with Crippen molar-refractivity contribution in [2.45, 2.75) is 12.1 Å². The predicted molar refractivity (Wildman–Crippen MR) is 46.8 cm³/mol. The Hall–Kier alpha value is 0.610. The molecule has 2 aliphatic rings. The van der Waals surface area contributed by atoms with Crippen molar-refractivity contribution in [3.8, 4) is 0 Å². The van der Waals surface area contributed by atoms with Crippen molar-refractivity contribution < 1.29 is 4.74 Å². The molecule has 58 valence electrons. The zero-order valence-corrected chi connectivity index (χ0v) is 7.82. The van der Waals surface area contributed by atoms with Gasteiger partial charge in [-0.3, -0.25) is 0 Å². The SMILES string of the molecule is NC1C2COC1CN(I)C2. The van der Waals surface area contributed by atoms with E-state index in [9.17, 15) is 0 Å². The Labute approximate surface area is 74.4 Å². The average Bonchev–Trinajstić information content (AvgIpc) is 2.20. The van der Waals surface area contributed by atoms with Crippen molar-refractivity contribution in [3.63, 3.8) is 0 Å². The molecule has 0 aliphatic carbocycles. The van der Waals surface area contributed by atoms with Crippen LogP contribution in [0.2, 0.25) is 0 Å². The number of hydrogen-bond acceptors (Lipinski definition) is 3. The first kappa shape index (κ1) is 7.27. The van der Waals surface area contributed by atoms with Crippen LogP contribution in [-0.4, -0.2) is 35.0 Å². The summed E-state index contributed by atoms with van der Waals surface area (Å²) in [6.45, 7) is 2.96. The quantitative estimate of drug-likeness (QED) is 0.488. The average molecular weight is 254 g/mol. The van der Waals surface area contributed by atoms with Crippen LogP contribution < -0.4 is 5.73 Å². The summed E-state index contributed by atoms with van der Waals surface area (Å²) in [5, 5.41) is 0. The summed E-state index contributed by atoms with van der Waals surface area (Å²) in [5.41, 5.74) is 5.89. The smallest absolute Gasteiger partial charge is 0.0864 e. The van der Waals surface area contributed by atoms with Crippen molar-refractivity contribution >= 4 is 22.9 Å². The number of rotatable bonds is 0. The highest BCUT2D eigenvalue weighted by atomic mass is 127. The Balaban J connectivity index is 2.09. The Morgan fingerprint density at radius 3 is 3.00 bits per heavy atom. The van der Waals surface area contributed by atoms with Crippen LogP contribution in [0.1, 0.15) is 0 Å². The van der Waals surface area contributed by atoms with E-state index in [0.717, 1.165) is 19.7 Å². The van der Waals surface area contributed by atoms with Crippen LogP contribution in [0.25, 0.3) is 0 Å². The molecule has 2 saturated heterocycles. The fraction of sp³-hybridized carbons (Fsp3) is 1.00. The minimum Gasteiger partial charge on any atom is -0.375 e. The molecule has 0 aromatic rings.